The molecule has 1 aromatic heterocycles. The number of amides is 2. The van der Waals surface area contributed by atoms with Gasteiger partial charge in [0.15, 0.2) is 0 Å². The molecule has 0 unspecified atom stereocenters. The molecule has 230 valence electrons. The number of aromatic nitrogens is 2. The molecule has 2 aromatic carbocycles. The summed E-state index contributed by atoms with van der Waals surface area (Å²) in [4.78, 5) is 57.9. The Hall–Kier alpha value is -4.65. The number of halogens is 1. The number of benzene rings is 2. The van der Waals surface area contributed by atoms with E-state index in [1.165, 1.54) is 24.4 Å². The van der Waals surface area contributed by atoms with E-state index in [0.29, 0.717) is 16.6 Å². The van der Waals surface area contributed by atoms with Crippen LogP contribution in [0.3, 0.4) is 0 Å². The molecule has 13 heteroatoms. The van der Waals surface area contributed by atoms with Crippen LogP contribution in [0.5, 0.6) is 0 Å². The molecule has 5 N–H and O–H groups in total. The zero-order valence-electron chi connectivity index (χ0n) is 23.9. The first kappa shape index (κ1) is 32.9. The predicted octanol–water partition coefficient (Wildman–Crippen LogP) is 3.15. The predicted molar refractivity (Wildman–Crippen MR) is 152 cm³/mol. The van der Waals surface area contributed by atoms with Gasteiger partial charge < -0.3 is 30.7 Å². The smallest absolute Gasteiger partial charge is 0.481 e. The highest BCUT2D eigenvalue weighted by atomic mass is 19.1. The average Bonchev–Trinajstić information content (AvgIpc) is 2.93. The number of ether oxygens (including phenoxy) is 2. The van der Waals surface area contributed by atoms with Gasteiger partial charge in [0.2, 0.25) is 5.91 Å². The van der Waals surface area contributed by atoms with Gasteiger partial charge in [-0.1, -0.05) is 24.3 Å². The maximum Gasteiger partial charge on any atom is 0.508 e. The van der Waals surface area contributed by atoms with Crippen molar-refractivity contribution in [1.29, 1.82) is 0 Å². The van der Waals surface area contributed by atoms with E-state index in [4.69, 9.17) is 20.3 Å². The molecule has 0 aliphatic heterocycles. The Morgan fingerprint density at radius 2 is 1.81 bits per heavy atom. The number of carbonyl (C=O) groups is 4. The maximum atomic E-state index is 14.1. The van der Waals surface area contributed by atoms with E-state index >= 15 is 0 Å². The Labute approximate surface area is 247 Å². The van der Waals surface area contributed by atoms with Crippen molar-refractivity contribution in [2.24, 2.45) is 11.7 Å². The van der Waals surface area contributed by atoms with Gasteiger partial charge in [-0.25, -0.2) is 14.2 Å². The normalized spacial score (nSPS) is 13.5. The van der Waals surface area contributed by atoms with Gasteiger partial charge in [-0.15, -0.1) is 0 Å². The number of carbonyl (C=O) groups excluding carboxylic acids is 3. The van der Waals surface area contributed by atoms with Crippen molar-refractivity contribution < 1.29 is 43.3 Å². The summed E-state index contributed by atoms with van der Waals surface area (Å²) in [6.45, 7) is 2.65. The fourth-order valence-electron chi connectivity index (χ4n) is 4.36. The van der Waals surface area contributed by atoms with Crippen molar-refractivity contribution in [3.63, 3.8) is 0 Å². The van der Waals surface area contributed by atoms with E-state index in [9.17, 15) is 28.7 Å². The lowest BCUT2D eigenvalue weighted by Gasteiger charge is -2.30. The Kier molecular flexibility index (Phi) is 11.5. The number of para-hydroxylation sites is 2. The van der Waals surface area contributed by atoms with Crippen LogP contribution in [0.2, 0.25) is 0 Å². The van der Waals surface area contributed by atoms with Gasteiger partial charge in [-0.05, 0) is 69.4 Å². The van der Waals surface area contributed by atoms with Crippen molar-refractivity contribution in [2.75, 3.05) is 6.61 Å². The number of rotatable bonds is 15. The van der Waals surface area contributed by atoms with Crippen LogP contribution in [0.1, 0.15) is 55.6 Å². The molecule has 0 aliphatic carbocycles. The number of nitrogens with two attached hydrogens (primary N) is 1. The van der Waals surface area contributed by atoms with Crippen LogP contribution in [-0.4, -0.2) is 68.5 Å². The topological polar surface area (TPSA) is 191 Å². The lowest BCUT2D eigenvalue weighted by atomic mass is 9.87. The van der Waals surface area contributed by atoms with E-state index < -0.39 is 66.4 Å². The minimum atomic E-state index is -1.25. The highest BCUT2D eigenvalue weighted by molar-refractivity contribution is 5.94. The van der Waals surface area contributed by atoms with Gasteiger partial charge in [-0.3, -0.25) is 19.4 Å². The van der Waals surface area contributed by atoms with Gasteiger partial charge in [0.25, 0.3) is 5.91 Å². The summed E-state index contributed by atoms with van der Waals surface area (Å²) < 4.78 is 24.5. The molecule has 0 saturated heterocycles. The highest BCUT2D eigenvalue weighted by Gasteiger charge is 2.34. The Bertz CT molecular complexity index is 1440. The molecule has 1 heterocycles. The van der Waals surface area contributed by atoms with Crippen LogP contribution in [-0.2, 0) is 25.5 Å². The molecule has 0 spiro atoms. The largest absolute Gasteiger partial charge is 0.508 e. The molecular formula is C30H35FN4O8. The number of carboxylic acids is 1. The number of carboxylic acid groups (broad SMARTS) is 1. The van der Waals surface area contributed by atoms with Gasteiger partial charge >= 0.3 is 12.1 Å². The third-order valence-corrected chi connectivity index (χ3v) is 6.60. The highest BCUT2D eigenvalue weighted by Crippen LogP contribution is 2.24. The Morgan fingerprint density at radius 1 is 1.09 bits per heavy atom. The van der Waals surface area contributed by atoms with Crippen molar-refractivity contribution >= 4 is 35.0 Å². The number of primary amides is 1. The summed E-state index contributed by atoms with van der Waals surface area (Å²) in [6.07, 6.45) is -1.61. The average molecular weight is 599 g/mol. The number of nitrogens with zero attached hydrogens (tertiary/aromatic N) is 2. The number of hydrogen-bond donors (Lipinski definition) is 4. The molecule has 12 nitrogen and oxygen atoms in total. The zero-order valence-corrected chi connectivity index (χ0v) is 23.9. The summed E-state index contributed by atoms with van der Waals surface area (Å²) in [7, 11) is 0. The second-order valence-corrected chi connectivity index (χ2v) is 10.7. The lowest BCUT2D eigenvalue weighted by molar-refractivity contribution is -0.138. The van der Waals surface area contributed by atoms with Crippen molar-refractivity contribution in [2.45, 2.75) is 63.7 Å². The molecule has 3 rings (SSSR count). The summed E-state index contributed by atoms with van der Waals surface area (Å²) >= 11 is 0. The molecule has 43 heavy (non-hydrogen) atoms. The zero-order chi connectivity index (χ0) is 31.6. The SMILES string of the molecule is CC(C)(O)CC[C@H](C[C@H](OC(=O)OCCC(=O)O)[C@H](Cc1cccc(F)c1)NC(=O)c1cnc2ccccc2n1)C(N)=O. The number of aliphatic carboxylic acids is 1. The quantitative estimate of drug-likeness (QED) is 0.189. The van der Waals surface area contributed by atoms with Gasteiger partial charge in [0.05, 0.1) is 35.3 Å². The van der Waals surface area contributed by atoms with E-state index in [0.717, 1.165) is 0 Å². The minimum Gasteiger partial charge on any atom is -0.481 e. The van der Waals surface area contributed by atoms with Crippen LogP contribution in [0.4, 0.5) is 9.18 Å². The minimum absolute atomic E-state index is 0.0424. The summed E-state index contributed by atoms with van der Waals surface area (Å²) in [5.74, 6) is -4.05. The van der Waals surface area contributed by atoms with Crippen LogP contribution in [0.15, 0.2) is 54.7 Å². The maximum absolute atomic E-state index is 14.1. The lowest BCUT2D eigenvalue weighted by Crippen LogP contribution is -2.48. The summed E-state index contributed by atoms with van der Waals surface area (Å²) in [5, 5.41) is 21.8. The van der Waals surface area contributed by atoms with Gasteiger partial charge in [0, 0.05) is 5.92 Å². The first-order chi connectivity index (χ1) is 20.3. The molecule has 3 atom stereocenters. The first-order valence-corrected chi connectivity index (χ1v) is 13.6. The molecule has 3 aromatic rings. The summed E-state index contributed by atoms with van der Waals surface area (Å²) in [5.41, 5.74) is 5.97. The third kappa shape index (κ3) is 10.9. The fraction of sp³-hybridized carbons (Fsp3) is 0.400. The number of hydrogen-bond acceptors (Lipinski definition) is 9. The molecule has 0 radical (unpaired) electrons. The van der Waals surface area contributed by atoms with E-state index in [-0.39, 0.29) is 31.4 Å². The van der Waals surface area contributed by atoms with E-state index in [2.05, 4.69) is 15.3 Å². The van der Waals surface area contributed by atoms with Crippen LogP contribution < -0.4 is 11.1 Å². The van der Waals surface area contributed by atoms with Crippen LogP contribution in [0, 0.1) is 11.7 Å². The van der Waals surface area contributed by atoms with E-state index in [1.807, 2.05) is 0 Å². The molecular weight excluding hydrogens is 563 g/mol. The monoisotopic (exact) mass is 598 g/mol. The molecule has 2 amide bonds. The van der Waals surface area contributed by atoms with Crippen LogP contribution in [0.25, 0.3) is 11.0 Å². The number of nitrogens with one attached hydrogen (secondary N) is 1. The van der Waals surface area contributed by atoms with Crippen LogP contribution >= 0.6 is 0 Å². The third-order valence-electron chi connectivity index (χ3n) is 6.60. The van der Waals surface area contributed by atoms with Gasteiger partial charge in [0.1, 0.15) is 24.2 Å². The summed E-state index contributed by atoms with van der Waals surface area (Å²) in [6, 6.07) is 11.4. The fourth-order valence-corrected chi connectivity index (χ4v) is 4.36. The van der Waals surface area contributed by atoms with Crippen molar-refractivity contribution in [3.05, 3.63) is 71.8 Å². The Balaban J connectivity index is 1.96. The standard InChI is InChI=1S/C30H35FN4O8/c1-30(2,41)12-10-19(27(32)38)16-25(43-29(40)42-13-11-26(36)37)23(15-18-6-5-7-20(31)14-18)35-28(39)24-17-33-21-8-3-4-9-22(21)34-24/h3-9,14,17,19,23,25,41H,10-13,15-16H2,1-2H3,(H2,32,38)(H,35,39)(H,36,37)/t19-,23+,25+/m1/s1. The molecule has 0 aliphatic rings. The van der Waals surface area contributed by atoms with Crippen molar-refractivity contribution in [1.82, 2.24) is 15.3 Å². The second kappa shape index (κ2) is 15.0. The number of fused-ring (bicyclic) bond motifs is 1. The molecule has 0 bridgehead atoms. The number of aliphatic hydroxyl groups is 1. The van der Waals surface area contributed by atoms with Gasteiger partial charge in [-0.2, -0.15) is 0 Å². The molecule has 0 fully saturated rings. The van der Waals surface area contributed by atoms with Crippen molar-refractivity contribution in [3.8, 4) is 0 Å². The van der Waals surface area contributed by atoms with E-state index in [1.54, 1.807) is 44.2 Å². The Morgan fingerprint density at radius 3 is 2.47 bits per heavy atom. The molecule has 0 saturated carbocycles. The second-order valence-electron chi connectivity index (χ2n) is 10.7. The first-order valence-electron chi connectivity index (χ1n) is 13.6.